The molecule has 0 bridgehead atoms. The van der Waals surface area contributed by atoms with Gasteiger partial charge in [0.15, 0.2) is 0 Å². The molecule has 2 N–H and O–H groups in total. The van der Waals surface area contributed by atoms with E-state index in [9.17, 15) is 9.59 Å². The predicted molar refractivity (Wildman–Crippen MR) is 99.3 cm³/mol. The molecule has 6 nitrogen and oxygen atoms in total. The molecule has 1 aliphatic heterocycles. The van der Waals surface area contributed by atoms with Gasteiger partial charge in [-0.1, -0.05) is 12.1 Å². The number of likely N-dealkylation sites (tertiary alicyclic amines) is 1. The van der Waals surface area contributed by atoms with Gasteiger partial charge in [-0.15, -0.1) is 11.8 Å². The zero-order valence-electron chi connectivity index (χ0n) is 14.5. The molecule has 0 radical (unpaired) electrons. The van der Waals surface area contributed by atoms with Gasteiger partial charge in [0, 0.05) is 18.0 Å². The Morgan fingerprint density at radius 1 is 1.40 bits per heavy atom. The molecular weight excluding hydrogens is 336 g/mol. The van der Waals surface area contributed by atoms with Crippen LogP contribution in [0.5, 0.6) is 0 Å². The minimum atomic E-state index is -0.0958. The molecule has 2 amide bonds. The zero-order valence-corrected chi connectivity index (χ0v) is 15.3. The first-order chi connectivity index (χ1) is 12.1. The summed E-state index contributed by atoms with van der Waals surface area (Å²) in [7, 11) is 0. The molecule has 134 valence electrons. The number of nitrogens with one attached hydrogen (secondary N) is 2. The number of carbonyl (C=O) groups excluding carboxylic acids is 2. The first kappa shape index (κ1) is 19.3. The summed E-state index contributed by atoms with van der Waals surface area (Å²) >= 11 is 1.40. The van der Waals surface area contributed by atoms with Crippen molar-refractivity contribution in [2.45, 2.75) is 24.7 Å². The van der Waals surface area contributed by atoms with E-state index in [1.165, 1.54) is 11.8 Å². The number of benzene rings is 1. The van der Waals surface area contributed by atoms with E-state index >= 15 is 0 Å². The van der Waals surface area contributed by atoms with Crippen LogP contribution >= 0.6 is 11.8 Å². The highest BCUT2D eigenvalue weighted by Gasteiger charge is 2.26. The second-order valence-corrected chi connectivity index (χ2v) is 6.98. The van der Waals surface area contributed by atoms with Crippen molar-refractivity contribution in [3.05, 3.63) is 24.3 Å². The average Bonchev–Trinajstić information content (AvgIpc) is 2.61. The molecule has 1 aromatic rings. The second-order valence-electron chi connectivity index (χ2n) is 5.96. The van der Waals surface area contributed by atoms with Crippen molar-refractivity contribution in [3.8, 4) is 6.07 Å². The molecule has 7 heteroatoms. The number of amides is 2. The van der Waals surface area contributed by atoms with E-state index in [0.717, 1.165) is 30.0 Å². The minimum absolute atomic E-state index is 0.0417. The van der Waals surface area contributed by atoms with Crippen molar-refractivity contribution in [3.63, 3.8) is 0 Å². The fraction of sp³-hybridized carbons (Fsp3) is 0.500. The predicted octanol–water partition coefficient (Wildman–Crippen LogP) is 2.09. The fourth-order valence-electron chi connectivity index (χ4n) is 2.93. The van der Waals surface area contributed by atoms with Gasteiger partial charge < -0.3 is 10.6 Å². The van der Waals surface area contributed by atoms with Gasteiger partial charge in [0.05, 0.1) is 30.0 Å². The summed E-state index contributed by atoms with van der Waals surface area (Å²) in [4.78, 5) is 27.3. The second kappa shape index (κ2) is 10.1. The SMILES string of the molecule is CCNC(=O)C1CCCN(CC(=O)Nc2ccccc2SCC#N)C1. The maximum atomic E-state index is 12.4. The Hall–Kier alpha value is -2.04. The Labute approximate surface area is 153 Å². The van der Waals surface area contributed by atoms with Gasteiger partial charge in [-0.05, 0) is 38.4 Å². The van der Waals surface area contributed by atoms with Crippen molar-refractivity contribution in [2.24, 2.45) is 5.92 Å². The van der Waals surface area contributed by atoms with Crippen molar-refractivity contribution in [1.29, 1.82) is 5.26 Å². The molecule has 25 heavy (non-hydrogen) atoms. The minimum Gasteiger partial charge on any atom is -0.356 e. The molecule has 1 aromatic carbocycles. The highest BCUT2D eigenvalue weighted by Crippen LogP contribution is 2.26. The van der Waals surface area contributed by atoms with Crippen molar-refractivity contribution in [2.75, 3.05) is 37.2 Å². The molecule has 0 aliphatic carbocycles. The summed E-state index contributed by atoms with van der Waals surface area (Å²) in [5, 5.41) is 14.5. The number of nitrogens with zero attached hydrogens (tertiary/aromatic N) is 2. The molecular formula is C18H24N4O2S. The number of para-hydroxylation sites is 1. The van der Waals surface area contributed by atoms with Crippen LogP contribution < -0.4 is 10.6 Å². The summed E-state index contributed by atoms with van der Waals surface area (Å²) in [5.74, 6) is 0.278. The van der Waals surface area contributed by atoms with Gasteiger partial charge in [-0.2, -0.15) is 5.26 Å². The quantitative estimate of drug-likeness (QED) is 0.727. The van der Waals surface area contributed by atoms with Crippen LogP contribution in [0.4, 0.5) is 5.69 Å². The third-order valence-corrected chi connectivity index (χ3v) is 4.99. The third kappa shape index (κ3) is 6.07. The van der Waals surface area contributed by atoms with E-state index < -0.39 is 0 Å². The summed E-state index contributed by atoms with van der Waals surface area (Å²) in [5.41, 5.74) is 0.727. The van der Waals surface area contributed by atoms with Crippen LogP contribution in [0, 0.1) is 17.2 Å². The largest absolute Gasteiger partial charge is 0.356 e. The zero-order chi connectivity index (χ0) is 18.1. The van der Waals surface area contributed by atoms with Gasteiger partial charge in [-0.25, -0.2) is 0 Å². The summed E-state index contributed by atoms with van der Waals surface area (Å²) < 4.78 is 0. The smallest absolute Gasteiger partial charge is 0.238 e. The van der Waals surface area contributed by atoms with Crippen LogP contribution in [0.25, 0.3) is 0 Å². The van der Waals surface area contributed by atoms with Crippen LogP contribution in [-0.2, 0) is 9.59 Å². The van der Waals surface area contributed by atoms with E-state index in [0.29, 0.717) is 18.8 Å². The number of piperidine rings is 1. The molecule has 1 saturated heterocycles. The Morgan fingerprint density at radius 3 is 2.96 bits per heavy atom. The Bertz CT molecular complexity index is 644. The van der Waals surface area contributed by atoms with Crippen LogP contribution in [-0.4, -0.2) is 48.6 Å². The van der Waals surface area contributed by atoms with Gasteiger partial charge >= 0.3 is 0 Å². The first-order valence-electron chi connectivity index (χ1n) is 8.52. The lowest BCUT2D eigenvalue weighted by atomic mass is 9.97. The molecule has 1 aliphatic rings. The molecule has 0 saturated carbocycles. The highest BCUT2D eigenvalue weighted by atomic mass is 32.2. The van der Waals surface area contributed by atoms with Crippen molar-refractivity contribution >= 4 is 29.3 Å². The molecule has 1 fully saturated rings. The maximum Gasteiger partial charge on any atom is 0.238 e. The number of nitriles is 1. The highest BCUT2D eigenvalue weighted by molar-refractivity contribution is 7.99. The summed E-state index contributed by atoms with van der Waals surface area (Å²) in [6.07, 6.45) is 1.79. The Morgan fingerprint density at radius 2 is 2.20 bits per heavy atom. The molecule has 1 atom stereocenters. The number of anilines is 1. The number of thioether (sulfide) groups is 1. The van der Waals surface area contributed by atoms with Gasteiger partial charge in [0.1, 0.15) is 0 Å². The van der Waals surface area contributed by atoms with Crippen molar-refractivity contribution < 1.29 is 9.59 Å². The molecule has 1 heterocycles. The monoisotopic (exact) mass is 360 g/mol. The number of hydrogen-bond donors (Lipinski definition) is 2. The standard InChI is InChI=1S/C18H24N4O2S/c1-2-20-18(24)14-6-5-10-22(12-14)13-17(23)21-15-7-3-4-8-16(15)25-11-9-19/h3-4,7-8,14H,2,5-6,10-13H2,1H3,(H,20,24)(H,21,23). The lowest BCUT2D eigenvalue weighted by Gasteiger charge is -2.31. The van der Waals surface area contributed by atoms with Crippen LogP contribution in [0.3, 0.4) is 0 Å². The lowest BCUT2D eigenvalue weighted by molar-refractivity contribution is -0.127. The fourth-order valence-corrected chi connectivity index (χ4v) is 3.60. The third-order valence-electron chi connectivity index (χ3n) is 4.05. The van der Waals surface area contributed by atoms with Gasteiger partial charge in [0.2, 0.25) is 11.8 Å². The summed E-state index contributed by atoms with van der Waals surface area (Å²) in [6, 6.07) is 9.57. The Kier molecular flexibility index (Phi) is 7.76. The van der Waals surface area contributed by atoms with E-state index in [2.05, 4.69) is 16.7 Å². The Balaban J connectivity index is 1.90. The molecule has 0 aromatic heterocycles. The average molecular weight is 360 g/mol. The van der Waals surface area contributed by atoms with Crippen LogP contribution in [0.2, 0.25) is 0 Å². The van der Waals surface area contributed by atoms with E-state index in [-0.39, 0.29) is 24.3 Å². The maximum absolute atomic E-state index is 12.4. The number of rotatable bonds is 7. The molecule has 2 rings (SSSR count). The number of hydrogen-bond acceptors (Lipinski definition) is 5. The first-order valence-corrected chi connectivity index (χ1v) is 9.51. The molecule has 1 unspecified atom stereocenters. The van der Waals surface area contributed by atoms with E-state index in [4.69, 9.17) is 5.26 Å². The summed E-state index contributed by atoms with van der Waals surface area (Å²) in [6.45, 7) is 4.26. The molecule has 0 spiro atoms. The van der Waals surface area contributed by atoms with Gasteiger partial charge in [0.25, 0.3) is 0 Å². The lowest BCUT2D eigenvalue weighted by Crippen LogP contribution is -2.45. The van der Waals surface area contributed by atoms with Crippen LogP contribution in [0.1, 0.15) is 19.8 Å². The topological polar surface area (TPSA) is 85.2 Å². The van der Waals surface area contributed by atoms with Gasteiger partial charge in [-0.3, -0.25) is 14.5 Å². The van der Waals surface area contributed by atoms with E-state index in [1.807, 2.05) is 36.1 Å². The number of carbonyl (C=O) groups is 2. The van der Waals surface area contributed by atoms with Crippen LogP contribution in [0.15, 0.2) is 29.2 Å². The van der Waals surface area contributed by atoms with E-state index in [1.54, 1.807) is 0 Å². The van der Waals surface area contributed by atoms with Crippen molar-refractivity contribution in [1.82, 2.24) is 10.2 Å². The normalized spacial score (nSPS) is 17.5.